The van der Waals surface area contributed by atoms with Crippen LogP contribution in [-0.2, 0) is 19.0 Å². The van der Waals surface area contributed by atoms with Crippen LogP contribution in [0.15, 0.2) is 0 Å². The van der Waals surface area contributed by atoms with Crippen LogP contribution in [0.25, 0.3) is 0 Å². The summed E-state index contributed by atoms with van der Waals surface area (Å²) in [5.74, 6) is -3.15. The lowest BCUT2D eigenvalue weighted by Crippen LogP contribution is -2.46. The van der Waals surface area contributed by atoms with Gasteiger partial charge in [-0.2, -0.15) is 0 Å². The first kappa shape index (κ1) is 13.1. The molecule has 0 aromatic heterocycles. The van der Waals surface area contributed by atoms with Gasteiger partial charge in [-0.25, -0.2) is 14.4 Å². The van der Waals surface area contributed by atoms with Gasteiger partial charge in [-0.3, -0.25) is 0 Å². The number of carbonyl (C=O) groups excluding carboxylic acids is 3. The molecule has 90 valence electrons. The molecule has 1 saturated heterocycles. The molecule has 0 amide bonds. The highest BCUT2D eigenvalue weighted by Gasteiger charge is 2.49. The zero-order valence-electron chi connectivity index (χ0n) is 8.03. The molecule has 1 aliphatic heterocycles. The van der Waals surface area contributed by atoms with Crippen molar-refractivity contribution in [3.05, 3.63) is 0 Å². The molecular formula is C8H8Cl2O6. The van der Waals surface area contributed by atoms with E-state index in [1.54, 1.807) is 0 Å². The molecule has 6 nitrogen and oxygen atoms in total. The SMILES string of the molecule is O=C(Cl)OC1(OC(=O)Cl)CCCCOC1=O. The summed E-state index contributed by atoms with van der Waals surface area (Å²) in [7, 11) is 0. The van der Waals surface area contributed by atoms with Crippen molar-refractivity contribution in [2.75, 3.05) is 6.61 Å². The lowest BCUT2D eigenvalue weighted by molar-refractivity contribution is -0.202. The highest BCUT2D eigenvalue weighted by atomic mass is 35.5. The highest BCUT2D eigenvalue weighted by Crippen LogP contribution is 2.28. The quantitative estimate of drug-likeness (QED) is 0.435. The van der Waals surface area contributed by atoms with Crippen molar-refractivity contribution in [2.24, 2.45) is 0 Å². The Hall–Kier alpha value is -1.01. The van der Waals surface area contributed by atoms with E-state index < -0.39 is 22.6 Å². The molecule has 0 aromatic rings. The third kappa shape index (κ3) is 3.24. The van der Waals surface area contributed by atoms with Crippen molar-refractivity contribution in [3.8, 4) is 0 Å². The lowest BCUT2D eigenvalue weighted by Gasteiger charge is -2.26. The van der Waals surface area contributed by atoms with Crippen LogP contribution in [-0.4, -0.2) is 29.2 Å². The van der Waals surface area contributed by atoms with Crippen molar-refractivity contribution in [1.29, 1.82) is 0 Å². The van der Waals surface area contributed by atoms with E-state index in [2.05, 4.69) is 9.47 Å². The number of ether oxygens (including phenoxy) is 3. The average Bonchev–Trinajstić information content (AvgIpc) is 2.28. The van der Waals surface area contributed by atoms with E-state index in [0.717, 1.165) is 0 Å². The van der Waals surface area contributed by atoms with Gasteiger partial charge in [0.15, 0.2) is 0 Å². The van der Waals surface area contributed by atoms with Crippen molar-refractivity contribution in [1.82, 2.24) is 0 Å². The minimum absolute atomic E-state index is 0.0389. The van der Waals surface area contributed by atoms with Crippen LogP contribution >= 0.6 is 23.2 Å². The Morgan fingerprint density at radius 3 is 2.25 bits per heavy atom. The van der Waals surface area contributed by atoms with E-state index in [1.807, 2.05) is 0 Å². The van der Waals surface area contributed by atoms with Crippen LogP contribution in [0.5, 0.6) is 0 Å². The molecular weight excluding hydrogens is 263 g/mol. The molecule has 0 bridgehead atoms. The second-order valence-electron chi connectivity index (χ2n) is 3.03. The molecule has 1 rings (SSSR count). The summed E-state index contributed by atoms with van der Waals surface area (Å²) in [4.78, 5) is 32.8. The van der Waals surface area contributed by atoms with Gasteiger partial charge in [0.25, 0.3) is 0 Å². The number of esters is 1. The molecule has 16 heavy (non-hydrogen) atoms. The summed E-state index contributed by atoms with van der Waals surface area (Å²) < 4.78 is 13.7. The normalized spacial score (nSPS) is 19.2. The van der Waals surface area contributed by atoms with E-state index in [4.69, 9.17) is 27.9 Å². The zero-order valence-corrected chi connectivity index (χ0v) is 9.55. The summed E-state index contributed by atoms with van der Waals surface area (Å²) >= 11 is 10.00. The first-order valence-corrected chi connectivity index (χ1v) is 5.16. The van der Waals surface area contributed by atoms with Crippen molar-refractivity contribution in [2.45, 2.75) is 25.0 Å². The van der Waals surface area contributed by atoms with Crippen LogP contribution < -0.4 is 0 Å². The maximum Gasteiger partial charge on any atom is 0.407 e. The molecule has 1 fully saturated rings. The monoisotopic (exact) mass is 270 g/mol. The largest absolute Gasteiger partial charge is 0.460 e. The standard InChI is InChI=1S/C8H8Cl2O6/c9-6(12)15-8(16-7(10)13)3-1-2-4-14-5(8)11/h1-4H2. The molecule has 0 aliphatic carbocycles. The Bertz CT molecular complexity index is 300. The number of halogens is 2. The fraction of sp³-hybridized carbons (Fsp3) is 0.625. The minimum Gasteiger partial charge on any atom is -0.460 e. The van der Waals surface area contributed by atoms with E-state index in [9.17, 15) is 14.4 Å². The van der Waals surface area contributed by atoms with Crippen LogP contribution in [0.2, 0.25) is 0 Å². The van der Waals surface area contributed by atoms with Crippen LogP contribution in [0.3, 0.4) is 0 Å². The minimum atomic E-state index is -2.16. The predicted octanol–water partition coefficient (Wildman–Crippen LogP) is 2.16. The summed E-state index contributed by atoms with van der Waals surface area (Å²) in [5, 5.41) is 0. The lowest BCUT2D eigenvalue weighted by atomic mass is 10.1. The van der Waals surface area contributed by atoms with E-state index >= 15 is 0 Å². The van der Waals surface area contributed by atoms with Gasteiger partial charge in [0, 0.05) is 29.6 Å². The fourth-order valence-corrected chi connectivity index (χ4v) is 1.55. The van der Waals surface area contributed by atoms with Gasteiger partial charge >= 0.3 is 22.6 Å². The predicted molar refractivity (Wildman–Crippen MR) is 52.2 cm³/mol. The maximum absolute atomic E-state index is 11.5. The molecule has 0 N–H and O–H groups in total. The Balaban J connectivity index is 2.93. The molecule has 0 unspecified atom stereocenters. The summed E-state index contributed by atoms with van der Waals surface area (Å²) in [6.07, 6.45) is 0.982. The molecule has 0 saturated carbocycles. The van der Waals surface area contributed by atoms with E-state index in [1.165, 1.54) is 0 Å². The fourth-order valence-electron chi connectivity index (χ4n) is 1.30. The van der Waals surface area contributed by atoms with Gasteiger partial charge in [0.2, 0.25) is 0 Å². The van der Waals surface area contributed by atoms with Gasteiger partial charge in [-0.1, -0.05) is 0 Å². The zero-order chi connectivity index (χ0) is 12.2. The molecule has 0 aromatic carbocycles. The number of hydrogen-bond acceptors (Lipinski definition) is 6. The Labute approximate surface area is 101 Å². The number of cyclic esters (lactones) is 1. The molecule has 0 radical (unpaired) electrons. The van der Waals surface area contributed by atoms with Gasteiger partial charge in [0.1, 0.15) is 0 Å². The maximum atomic E-state index is 11.5. The molecule has 1 heterocycles. The highest BCUT2D eigenvalue weighted by molar-refractivity contribution is 6.62. The van der Waals surface area contributed by atoms with Crippen molar-refractivity contribution >= 4 is 40.0 Å². The third-order valence-corrected chi connectivity index (χ3v) is 2.09. The first-order chi connectivity index (χ1) is 7.46. The first-order valence-electron chi connectivity index (χ1n) is 4.40. The van der Waals surface area contributed by atoms with Gasteiger partial charge in [-0.15, -0.1) is 0 Å². The number of rotatable bonds is 2. The van der Waals surface area contributed by atoms with Crippen molar-refractivity contribution in [3.63, 3.8) is 0 Å². The van der Waals surface area contributed by atoms with Crippen LogP contribution in [0.1, 0.15) is 19.3 Å². The summed E-state index contributed by atoms with van der Waals surface area (Å²) in [5.41, 5.74) is -2.56. The van der Waals surface area contributed by atoms with Crippen molar-refractivity contribution < 1.29 is 28.6 Å². The van der Waals surface area contributed by atoms with Gasteiger partial charge < -0.3 is 14.2 Å². The summed E-state index contributed by atoms with van der Waals surface area (Å²) in [6.45, 7) is 0.153. The van der Waals surface area contributed by atoms with Crippen LogP contribution in [0, 0.1) is 0 Å². The molecule has 1 aliphatic rings. The summed E-state index contributed by atoms with van der Waals surface area (Å²) in [6, 6.07) is 0. The smallest absolute Gasteiger partial charge is 0.407 e. The van der Waals surface area contributed by atoms with Gasteiger partial charge in [-0.05, 0) is 12.8 Å². The van der Waals surface area contributed by atoms with E-state index in [0.29, 0.717) is 12.8 Å². The second kappa shape index (κ2) is 5.36. The third-order valence-electron chi connectivity index (χ3n) is 1.93. The molecule has 8 heteroatoms. The number of hydrogen-bond donors (Lipinski definition) is 0. The average molecular weight is 271 g/mol. The Morgan fingerprint density at radius 2 is 1.75 bits per heavy atom. The van der Waals surface area contributed by atoms with E-state index in [-0.39, 0.29) is 13.0 Å². The van der Waals surface area contributed by atoms with Crippen LogP contribution in [0.4, 0.5) is 9.59 Å². The number of carbonyl (C=O) groups is 3. The second-order valence-corrected chi connectivity index (χ2v) is 3.64. The Morgan fingerprint density at radius 1 is 1.19 bits per heavy atom. The topological polar surface area (TPSA) is 78.9 Å². The molecule has 0 atom stereocenters. The van der Waals surface area contributed by atoms with Gasteiger partial charge in [0.05, 0.1) is 6.61 Å². The molecule has 0 spiro atoms. The Kier molecular flexibility index (Phi) is 4.37.